The molecule has 1 atom stereocenters. The summed E-state index contributed by atoms with van der Waals surface area (Å²) in [5.74, 6) is -2.11. The van der Waals surface area contributed by atoms with E-state index in [2.05, 4.69) is 5.32 Å². The highest BCUT2D eigenvalue weighted by molar-refractivity contribution is 7.94. The standard InChI is InChI=1S/C15H16ClNO4S/c1-8-12(15(18)19)13(10-6-4-5-7-11(10)16)14(9(2)17-8)22(3,20)21/h4-7,13,17H,1-3H3,(H,18,19). The van der Waals surface area contributed by atoms with Gasteiger partial charge in [0.25, 0.3) is 0 Å². The van der Waals surface area contributed by atoms with Crippen molar-refractivity contribution in [1.82, 2.24) is 5.32 Å². The fourth-order valence-corrected chi connectivity index (χ4v) is 4.28. The second-order valence-corrected chi connectivity index (χ2v) is 7.58. The summed E-state index contributed by atoms with van der Waals surface area (Å²) in [6.45, 7) is 3.22. The molecule has 7 heteroatoms. The smallest absolute Gasteiger partial charge is 0.334 e. The van der Waals surface area contributed by atoms with Crippen LogP contribution >= 0.6 is 11.6 Å². The zero-order valence-electron chi connectivity index (χ0n) is 12.3. The van der Waals surface area contributed by atoms with Gasteiger partial charge in [-0.05, 0) is 25.5 Å². The Kier molecular flexibility index (Phi) is 4.35. The highest BCUT2D eigenvalue weighted by Crippen LogP contribution is 2.42. The van der Waals surface area contributed by atoms with Crippen LogP contribution in [-0.4, -0.2) is 25.7 Å². The van der Waals surface area contributed by atoms with Gasteiger partial charge in [-0.2, -0.15) is 0 Å². The first-order valence-corrected chi connectivity index (χ1v) is 8.78. The molecule has 5 nitrogen and oxygen atoms in total. The maximum Gasteiger partial charge on any atom is 0.334 e. The number of benzene rings is 1. The molecule has 0 aromatic heterocycles. The molecule has 0 saturated carbocycles. The molecule has 0 aliphatic carbocycles. The Balaban J connectivity index is 2.82. The van der Waals surface area contributed by atoms with Gasteiger partial charge in [0.15, 0.2) is 9.84 Å². The number of aliphatic carboxylic acids is 1. The number of sulfone groups is 1. The van der Waals surface area contributed by atoms with Crippen LogP contribution < -0.4 is 5.32 Å². The molecular formula is C15H16ClNO4S. The molecule has 0 radical (unpaired) electrons. The number of carboxylic acids is 1. The molecule has 0 fully saturated rings. The average Bonchev–Trinajstić information content (AvgIpc) is 2.35. The minimum atomic E-state index is -3.62. The fourth-order valence-electron chi connectivity index (χ4n) is 2.76. The van der Waals surface area contributed by atoms with Gasteiger partial charge in [0.2, 0.25) is 0 Å². The molecule has 118 valence electrons. The first-order chi connectivity index (χ1) is 10.1. The largest absolute Gasteiger partial charge is 0.478 e. The zero-order chi connectivity index (χ0) is 16.7. The summed E-state index contributed by atoms with van der Waals surface area (Å²) < 4.78 is 24.4. The predicted molar refractivity (Wildman–Crippen MR) is 85.2 cm³/mol. The second kappa shape index (κ2) is 5.78. The van der Waals surface area contributed by atoms with E-state index in [9.17, 15) is 18.3 Å². The maximum absolute atomic E-state index is 12.2. The molecule has 22 heavy (non-hydrogen) atoms. The van der Waals surface area contributed by atoms with Gasteiger partial charge in [-0.15, -0.1) is 0 Å². The Morgan fingerprint density at radius 2 is 1.82 bits per heavy atom. The van der Waals surface area contributed by atoms with Crippen molar-refractivity contribution in [2.45, 2.75) is 19.8 Å². The Labute approximate surface area is 134 Å². The predicted octanol–water partition coefficient (Wildman–Crippen LogP) is 2.66. The van der Waals surface area contributed by atoms with Gasteiger partial charge in [0, 0.05) is 22.7 Å². The van der Waals surface area contributed by atoms with Crippen LogP contribution in [0.4, 0.5) is 0 Å². The molecule has 1 aliphatic heterocycles. The van der Waals surface area contributed by atoms with Crippen LogP contribution in [0.3, 0.4) is 0 Å². The third-order valence-corrected chi connectivity index (χ3v) is 5.23. The van der Waals surface area contributed by atoms with Crippen molar-refractivity contribution in [1.29, 1.82) is 0 Å². The van der Waals surface area contributed by atoms with Gasteiger partial charge < -0.3 is 10.4 Å². The quantitative estimate of drug-likeness (QED) is 0.883. The lowest BCUT2D eigenvalue weighted by molar-refractivity contribution is -0.133. The van der Waals surface area contributed by atoms with Gasteiger partial charge >= 0.3 is 5.97 Å². The Morgan fingerprint density at radius 1 is 1.23 bits per heavy atom. The number of carbonyl (C=O) groups is 1. The van der Waals surface area contributed by atoms with Crippen molar-refractivity contribution in [2.75, 3.05) is 6.26 Å². The third-order valence-electron chi connectivity index (χ3n) is 3.55. The van der Waals surface area contributed by atoms with E-state index in [1.165, 1.54) is 0 Å². The lowest BCUT2D eigenvalue weighted by Crippen LogP contribution is -2.30. The van der Waals surface area contributed by atoms with E-state index in [0.717, 1.165) is 6.26 Å². The van der Waals surface area contributed by atoms with Crippen molar-refractivity contribution in [3.05, 3.63) is 56.7 Å². The molecule has 0 saturated heterocycles. The summed E-state index contributed by atoms with van der Waals surface area (Å²) in [7, 11) is -3.62. The fraction of sp³-hybridized carbons (Fsp3) is 0.267. The van der Waals surface area contributed by atoms with Gasteiger partial charge in [0.1, 0.15) is 0 Å². The number of dihydropyridines is 1. The first kappa shape index (κ1) is 16.6. The van der Waals surface area contributed by atoms with E-state index in [1.54, 1.807) is 38.1 Å². The Hall–Kier alpha value is -1.79. The summed E-state index contributed by atoms with van der Waals surface area (Å²) in [5, 5.41) is 12.7. The maximum atomic E-state index is 12.2. The average molecular weight is 342 g/mol. The van der Waals surface area contributed by atoms with Crippen LogP contribution in [-0.2, 0) is 14.6 Å². The molecule has 0 amide bonds. The van der Waals surface area contributed by atoms with Gasteiger partial charge in [-0.3, -0.25) is 0 Å². The SMILES string of the molecule is CC1=C(C(=O)O)C(c2ccccc2Cl)C(S(C)(=O)=O)=C(C)N1. The Morgan fingerprint density at radius 3 is 2.32 bits per heavy atom. The van der Waals surface area contributed by atoms with E-state index < -0.39 is 21.7 Å². The number of allylic oxidation sites excluding steroid dienone is 3. The molecule has 1 unspecified atom stereocenters. The van der Waals surface area contributed by atoms with Crippen LogP contribution in [0.25, 0.3) is 0 Å². The highest BCUT2D eigenvalue weighted by Gasteiger charge is 2.38. The molecule has 2 N–H and O–H groups in total. The van der Waals surface area contributed by atoms with Gasteiger partial charge in [-0.1, -0.05) is 29.8 Å². The summed E-state index contributed by atoms with van der Waals surface area (Å²) in [4.78, 5) is 11.7. The third kappa shape index (κ3) is 2.89. The molecule has 1 aromatic carbocycles. The summed E-state index contributed by atoms with van der Waals surface area (Å²) in [6, 6.07) is 6.67. The van der Waals surface area contributed by atoms with Crippen molar-refractivity contribution >= 4 is 27.4 Å². The monoisotopic (exact) mass is 341 g/mol. The molecule has 0 bridgehead atoms. The minimum absolute atomic E-state index is 0.0147. The second-order valence-electron chi connectivity index (χ2n) is 5.18. The van der Waals surface area contributed by atoms with E-state index in [-0.39, 0.29) is 10.5 Å². The van der Waals surface area contributed by atoms with E-state index in [4.69, 9.17) is 11.6 Å². The molecule has 2 rings (SSSR count). The molecule has 1 aromatic rings. The number of halogens is 1. The van der Waals surface area contributed by atoms with E-state index in [0.29, 0.717) is 22.0 Å². The van der Waals surface area contributed by atoms with E-state index in [1.807, 2.05) is 0 Å². The summed E-state index contributed by atoms with van der Waals surface area (Å²) in [6.07, 6.45) is 1.07. The van der Waals surface area contributed by atoms with Crippen LogP contribution in [0.2, 0.25) is 5.02 Å². The van der Waals surface area contributed by atoms with Gasteiger partial charge in [0.05, 0.1) is 16.4 Å². The molecule has 1 heterocycles. The molecule has 0 spiro atoms. The van der Waals surface area contributed by atoms with E-state index >= 15 is 0 Å². The van der Waals surface area contributed by atoms with Crippen molar-refractivity contribution in [2.24, 2.45) is 0 Å². The normalized spacial score (nSPS) is 19.2. The highest BCUT2D eigenvalue weighted by atomic mass is 35.5. The number of rotatable bonds is 3. The number of hydrogen-bond acceptors (Lipinski definition) is 4. The lowest BCUT2D eigenvalue weighted by Gasteiger charge is -2.30. The first-order valence-electron chi connectivity index (χ1n) is 6.51. The summed E-state index contributed by atoms with van der Waals surface area (Å²) in [5.41, 5.74) is 1.26. The summed E-state index contributed by atoms with van der Waals surface area (Å²) >= 11 is 6.19. The zero-order valence-corrected chi connectivity index (χ0v) is 13.9. The van der Waals surface area contributed by atoms with Crippen molar-refractivity contribution < 1.29 is 18.3 Å². The molecule has 1 aliphatic rings. The number of nitrogens with one attached hydrogen (secondary N) is 1. The van der Waals surface area contributed by atoms with Crippen LogP contribution in [0.5, 0.6) is 0 Å². The van der Waals surface area contributed by atoms with Crippen molar-refractivity contribution in [3.63, 3.8) is 0 Å². The minimum Gasteiger partial charge on any atom is -0.478 e. The number of carboxylic acid groups (broad SMARTS) is 1. The van der Waals surface area contributed by atoms with Crippen LogP contribution in [0.15, 0.2) is 46.1 Å². The topological polar surface area (TPSA) is 83.5 Å². The Bertz CT molecular complexity index is 809. The number of hydrogen-bond donors (Lipinski definition) is 2. The van der Waals surface area contributed by atoms with Crippen LogP contribution in [0.1, 0.15) is 25.3 Å². The molecular weight excluding hydrogens is 326 g/mol. The van der Waals surface area contributed by atoms with Crippen molar-refractivity contribution in [3.8, 4) is 0 Å². The van der Waals surface area contributed by atoms with Crippen LogP contribution in [0, 0.1) is 0 Å². The van der Waals surface area contributed by atoms with Gasteiger partial charge in [-0.25, -0.2) is 13.2 Å². The lowest BCUT2D eigenvalue weighted by atomic mass is 9.86.